The summed E-state index contributed by atoms with van der Waals surface area (Å²) in [6.45, 7) is 12.7. The lowest BCUT2D eigenvalue weighted by molar-refractivity contribution is -0.929. The maximum absolute atomic E-state index is 3.62. The Morgan fingerprint density at radius 2 is 0.826 bits per heavy atom. The summed E-state index contributed by atoms with van der Waals surface area (Å²) in [5, 5.41) is 1.17. The molecule has 0 saturated carbocycles. The summed E-state index contributed by atoms with van der Waals surface area (Å²) in [5.41, 5.74) is 0. The normalized spacial score (nSPS) is 12.0. The number of nitrogens with zero attached hydrogens (tertiary/aromatic N) is 1. The van der Waals surface area contributed by atoms with Gasteiger partial charge in [0.2, 0.25) is 0 Å². The highest BCUT2D eigenvalue weighted by atomic mass is 79.9. The number of hydrogen-bond acceptors (Lipinski definition) is 0. The van der Waals surface area contributed by atoms with Crippen molar-refractivity contribution in [3.05, 3.63) is 0 Å². The van der Waals surface area contributed by atoms with E-state index in [9.17, 15) is 0 Å². The Morgan fingerprint density at radius 3 is 1.22 bits per heavy atom. The van der Waals surface area contributed by atoms with Crippen LogP contribution in [0, 0.1) is 0 Å². The van der Waals surface area contributed by atoms with Crippen molar-refractivity contribution in [2.24, 2.45) is 0 Å². The quantitative estimate of drug-likeness (QED) is 0.130. The van der Waals surface area contributed by atoms with Gasteiger partial charge in [0, 0.05) is 5.33 Å². The molecule has 0 aliphatic heterocycles. The van der Waals surface area contributed by atoms with Crippen LogP contribution >= 0.6 is 15.9 Å². The highest BCUT2D eigenvalue weighted by molar-refractivity contribution is 9.09. The summed E-state index contributed by atoms with van der Waals surface area (Å²) in [5.74, 6) is 0. The first kappa shape index (κ1) is 23.4. The van der Waals surface area contributed by atoms with E-state index in [-0.39, 0.29) is 0 Å². The summed E-state index contributed by atoms with van der Waals surface area (Å²) in [6, 6.07) is 0. The third-order valence-electron chi connectivity index (χ3n) is 5.22. The third-order valence-corrected chi connectivity index (χ3v) is 5.78. The SMILES string of the molecule is CCCCCC[N+](CCCCC)(CCCCBr)CCCCCC. The Balaban J connectivity index is 4.55. The fourth-order valence-electron chi connectivity index (χ4n) is 3.66. The Labute approximate surface area is 156 Å². The predicted octanol–water partition coefficient (Wildman–Crippen LogP) is 7.33. The molecule has 0 aromatic carbocycles. The molecule has 1 nitrogen and oxygen atoms in total. The molecule has 140 valence electrons. The lowest BCUT2D eigenvalue weighted by Crippen LogP contribution is -2.50. The van der Waals surface area contributed by atoms with Crippen LogP contribution < -0.4 is 0 Å². The molecule has 2 heteroatoms. The maximum Gasteiger partial charge on any atom is 0.0786 e. The van der Waals surface area contributed by atoms with Gasteiger partial charge in [-0.15, -0.1) is 0 Å². The number of rotatable bonds is 18. The second-order valence-electron chi connectivity index (χ2n) is 7.46. The molecular weight excluding hydrogens is 346 g/mol. The molecular formula is C21H45BrN+. The average Bonchev–Trinajstić information content (AvgIpc) is 2.56. The van der Waals surface area contributed by atoms with E-state index < -0.39 is 0 Å². The van der Waals surface area contributed by atoms with Gasteiger partial charge >= 0.3 is 0 Å². The van der Waals surface area contributed by atoms with E-state index in [1.165, 1.54) is 119 Å². The van der Waals surface area contributed by atoms with E-state index in [0.717, 1.165) is 0 Å². The van der Waals surface area contributed by atoms with E-state index in [4.69, 9.17) is 0 Å². The van der Waals surface area contributed by atoms with Crippen LogP contribution in [-0.4, -0.2) is 36.0 Å². The molecule has 0 aliphatic carbocycles. The molecule has 0 heterocycles. The largest absolute Gasteiger partial charge is 0.324 e. The Morgan fingerprint density at radius 1 is 0.478 bits per heavy atom. The zero-order valence-corrected chi connectivity index (χ0v) is 18.1. The molecule has 0 radical (unpaired) electrons. The maximum atomic E-state index is 3.62. The topological polar surface area (TPSA) is 0 Å². The molecule has 0 N–H and O–H groups in total. The monoisotopic (exact) mass is 390 g/mol. The lowest BCUT2D eigenvalue weighted by atomic mass is 10.1. The molecule has 0 aromatic rings. The van der Waals surface area contributed by atoms with Gasteiger partial charge < -0.3 is 4.48 Å². The van der Waals surface area contributed by atoms with Gasteiger partial charge in [0.15, 0.2) is 0 Å². The summed E-state index contributed by atoms with van der Waals surface area (Å²) in [7, 11) is 0. The van der Waals surface area contributed by atoms with Crippen molar-refractivity contribution >= 4 is 15.9 Å². The minimum atomic E-state index is 1.17. The minimum absolute atomic E-state index is 1.17. The first-order chi connectivity index (χ1) is 11.2. The van der Waals surface area contributed by atoms with E-state index in [1.807, 2.05) is 0 Å². The van der Waals surface area contributed by atoms with Gasteiger partial charge in [-0.05, 0) is 51.4 Å². The standard InChI is InChI=1S/C21H45BrN/c1-4-7-10-14-19-23(18-13-9-6-3,21-16-12-17-22)20-15-11-8-5-2/h4-21H2,1-3H3/q+1. The lowest BCUT2D eigenvalue weighted by Gasteiger charge is -2.39. The number of unbranched alkanes of at least 4 members (excludes halogenated alkanes) is 9. The average molecular weight is 392 g/mol. The molecule has 0 unspecified atom stereocenters. The number of quaternary nitrogens is 1. The second-order valence-corrected chi connectivity index (χ2v) is 8.25. The fraction of sp³-hybridized carbons (Fsp3) is 1.00. The molecule has 0 fully saturated rings. The van der Waals surface area contributed by atoms with Crippen LogP contribution in [0.4, 0.5) is 0 Å². The zero-order valence-electron chi connectivity index (χ0n) is 16.6. The summed E-state index contributed by atoms with van der Waals surface area (Å²) < 4.78 is 1.43. The number of alkyl halides is 1. The Hall–Kier alpha value is 0.440. The highest BCUT2D eigenvalue weighted by Crippen LogP contribution is 2.18. The van der Waals surface area contributed by atoms with Crippen LogP contribution in [0.3, 0.4) is 0 Å². The van der Waals surface area contributed by atoms with Crippen LogP contribution in [0.25, 0.3) is 0 Å². The third kappa shape index (κ3) is 13.4. The predicted molar refractivity (Wildman–Crippen MR) is 111 cm³/mol. The van der Waals surface area contributed by atoms with Gasteiger partial charge in [0.1, 0.15) is 0 Å². The van der Waals surface area contributed by atoms with Crippen molar-refractivity contribution in [3.63, 3.8) is 0 Å². The molecule has 0 saturated heterocycles. The first-order valence-electron chi connectivity index (χ1n) is 10.7. The number of hydrogen-bond donors (Lipinski definition) is 0. The molecule has 0 spiro atoms. The number of halogens is 1. The van der Waals surface area contributed by atoms with Crippen molar-refractivity contribution in [1.29, 1.82) is 0 Å². The zero-order chi connectivity index (χ0) is 17.2. The van der Waals surface area contributed by atoms with Gasteiger partial charge in [-0.25, -0.2) is 0 Å². The molecule has 0 aliphatic rings. The van der Waals surface area contributed by atoms with Crippen molar-refractivity contribution in [2.45, 2.75) is 104 Å². The Bertz CT molecular complexity index is 206. The van der Waals surface area contributed by atoms with Gasteiger partial charge in [-0.2, -0.15) is 0 Å². The van der Waals surface area contributed by atoms with Crippen LogP contribution in [0.5, 0.6) is 0 Å². The van der Waals surface area contributed by atoms with E-state index in [1.54, 1.807) is 0 Å². The molecule has 23 heavy (non-hydrogen) atoms. The van der Waals surface area contributed by atoms with Gasteiger partial charge in [-0.1, -0.05) is 68.8 Å². The van der Waals surface area contributed by atoms with Gasteiger partial charge in [0.25, 0.3) is 0 Å². The summed E-state index contributed by atoms with van der Waals surface area (Å²) in [4.78, 5) is 0. The second kappa shape index (κ2) is 17.3. The summed E-state index contributed by atoms with van der Waals surface area (Å²) in [6.07, 6.45) is 18.3. The smallest absolute Gasteiger partial charge is 0.0786 e. The van der Waals surface area contributed by atoms with Crippen molar-refractivity contribution < 1.29 is 4.48 Å². The fourth-order valence-corrected chi connectivity index (χ4v) is 4.05. The van der Waals surface area contributed by atoms with Crippen molar-refractivity contribution in [1.82, 2.24) is 0 Å². The Kier molecular flexibility index (Phi) is 17.6. The molecule has 0 bridgehead atoms. The molecule has 0 atom stereocenters. The molecule has 0 amide bonds. The highest BCUT2D eigenvalue weighted by Gasteiger charge is 2.25. The first-order valence-corrected chi connectivity index (χ1v) is 11.8. The molecule has 0 rings (SSSR count). The van der Waals surface area contributed by atoms with Crippen LogP contribution in [-0.2, 0) is 0 Å². The molecule has 0 aromatic heterocycles. The van der Waals surface area contributed by atoms with Crippen molar-refractivity contribution in [2.75, 3.05) is 31.5 Å². The van der Waals surface area contributed by atoms with Crippen LogP contribution in [0.15, 0.2) is 0 Å². The van der Waals surface area contributed by atoms with E-state index in [0.29, 0.717) is 0 Å². The van der Waals surface area contributed by atoms with Crippen LogP contribution in [0.2, 0.25) is 0 Å². The van der Waals surface area contributed by atoms with Crippen LogP contribution in [0.1, 0.15) is 104 Å². The van der Waals surface area contributed by atoms with E-state index in [2.05, 4.69) is 36.7 Å². The summed E-state index contributed by atoms with van der Waals surface area (Å²) >= 11 is 3.62. The van der Waals surface area contributed by atoms with E-state index >= 15 is 0 Å². The van der Waals surface area contributed by atoms with Gasteiger partial charge in [-0.3, -0.25) is 0 Å². The van der Waals surface area contributed by atoms with Gasteiger partial charge in [0.05, 0.1) is 26.2 Å². The minimum Gasteiger partial charge on any atom is -0.324 e. The van der Waals surface area contributed by atoms with Crippen molar-refractivity contribution in [3.8, 4) is 0 Å².